The highest BCUT2D eigenvalue weighted by Gasteiger charge is 2.21. The second kappa shape index (κ2) is 8.12. The van der Waals surface area contributed by atoms with Gasteiger partial charge in [-0.3, -0.25) is 0 Å². The Balaban J connectivity index is 1.49. The molecule has 144 valence electrons. The highest BCUT2D eigenvalue weighted by molar-refractivity contribution is 5.51. The van der Waals surface area contributed by atoms with Crippen molar-refractivity contribution in [3.05, 3.63) is 65.4 Å². The SMILES string of the molecule is COc1cc2c(cc1OC)CN(c1nncc(NCc3ccccc3)n1)CC2. The number of nitrogens with one attached hydrogen (secondary N) is 1. The fourth-order valence-corrected chi connectivity index (χ4v) is 3.36. The van der Waals surface area contributed by atoms with Crippen molar-refractivity contribution in [3.63, 3.8) is 0 Å². The van der Waals surface area contributed by atoms with E-state index in [1.165, 1.54) is 16.7 Å². The molecular formula is C21H23N5O2. The highest BCUT2D eigenvalue weighted by Crippen LogP contribution is 2.33. The maximum Gasteiger partial charge on any atom is 0.247 e. The van der Waals surface area contributed by atoms with Gasteiger partial charge in [-0.05, 0) is 35.2 Å². The van der Waals surface area contributed by atoms with Gasteiger partial charge in [0.2, 0.25) is 5.95 Å². The molecular weight excluding hydrogens is 354 g/mol. The molecule has 1 aliphatic heterocycles. The molecule has 3 aromatic rings. The van der Waals surface area contributed by atoms with Crippen LogP contribution >= 0.6 is 0 Å². The van der Waals surface area contributed by atoms with Crippen LogP contribution in [0.15, 0.2) is 48.7 Å². The summed E-state index contributed by atoms with van der Waals surface area (Å²) in [5.74, 6) is 2.84. The van der Waals surface area contributed by atoms with Crippen molar-refractivity contribution in [2.24, 2.45) is 0 Å². The van der Waals surface area contributed by atoms with Gasteiger partial charge in [0, 0.05) is 19.6 Å². The third kappa shape index (κ3) is 3.83. The Morgan fingerprint density at radius 3 is 2.54 bits per heavy atom. The fraction of sp³-hybridized carbons (Fsp3) is 0.286. The van der Waals surface area contributed by atoms with Gasteiger partial charge in [0.05, 0.1) is 20.4 Å². The standard InChI is InChI=1S/C21H23N5O2/c1-27-18-10-16-8-9-26(14-17(16)11-19(18)28-2)21-24-20(13-23-25-21)22-12-15-6-4-3-5-7-15/h3-7,10-11,13H,8-9,12,14H2,1-2H3,(H,22,24,25). The molecule has 7 nitrogen and oxygen atoms in total. The number of hydrogen-bond acceptors (Lipinski definition) is 7. The molecule has 0 radical (unpaired) electrons. The lowest BCUT2D eigenvalue weighted by molar-refractivity contribution is 0.353. The molecule has 0 amide bonds. The first kappa shape index (κ1) is 18.0. The second-order valence-corrected chi connectivity index (χ2v) is 6.63. The molecule has 28 heavy (non-hydrogen) atoms. The molecule has 1 N–H and O–H groups in total. The first-order chi connectivity index (χ1) is 13.8. The van der Waals surface area contributed by atoms with Gasteiger partial charge in [0.25, 0.3) is 0 Å². The summed E-state index contributed by atoms with van der Waals surface area (Å²) < 4.78 is 10.9. The molecule has 0 fully saturated rings. The van der Waals surface area contributed by atoms with Crippen LogP contribution in [-0.4, -0.2) is 35.9 Å². The average molecular weight is 377 g/mol. The van der Waals surface area contributed by atoms with E-state index in [0.717, 1.165) is 24.5 Å². The second-order valence-electron chi connectivity index (χ2n) is 6.63. The molecule has 0 saturated heterocycles. The van der Waals surface area contributed by atoms with Crippen molar-refractivity contribution in [2.45, 2.75) is 19.5 Å². The summed E-state index contributed by atoms with van der Waals surface area (Å²) in [5.41, 5.74) is 3.64. The molecule has 2 heterocycles. The highest BCUT2D eigenvalue weighted by atomic mass is 16.5. The van der Waals surface area contributed by atoms with Gasteiger partial charge >= 0.3 is 0 Å². The quantitative estimate of drug-likeness (QED) is 0.708. The summed E-state index contributed by atoms with van der Waals surface area (Å²) in [7, 11) is 3.31. The predicted molar refractivity (Wildman–Crippen MR) is 108 cm³/mol. The van der Waals surface area contributed by atoms with E-state index >= 15 is 0 Å². The van der Waals surface area contributed by atoms with Crippen LogP contribution in [0.1, 0.15) is 16.7 Å². The summed E-state index contributed by atoms with van der Waals surface area (Å²) in [5, 5.41) is 11.7. The Morgan fingerprint density at radius 1 is 1.04 bits per heavy atom. The fourth-order valence-electron chi connectivity index (χ4n) is 3.36. The van der Waals surface area contributed by atoms with E-state index < -0.39 is 0 Å². The maximum absolute atomic E-state index is 5.44. The van der Waals surface area contributed by atoms with Gasteiger partial charge in [0.1, 0.15) is 0 Å². The Labute approximate surface area is 164 Å². The van der Waals surface area contributed by atoms with Crippen molar-refractivity contribution in [2.75, 3.05) is 31.0 Å². The first-order valence-electron chi connectivity index (χ1n) is 9.23. The van der Waals surface area contributed by atoms with Crippen LogP contribution in [0.2, 0.25) is 0 Å². The molecule has 1 aromatic heterocycles. The number of hydrogen-bond donors (Lipinski definition) is 1. The molecule has 0 atom stereocenters. The number of ether oxygens (including phenoxy) is 2. The van der Waals surface area contributed by atoms with Crippen LogP contribution in [-0.2, 0) is 19.5 Å². The number of nitrogens with zero attached hydrogens (tertiary/aromatic N) is 4. The zero-order valence-electron chi connectivity index (χ0n) is 16.1. The Bertz CT molecular complexity index is 949. The van der Waals surface area contributed by atoms with Crippen LogP contribution in [0, 0.1) is 0 Å². The van der Waals surface area contributed by atoms with Crippen LogP contribution in [0.5, 0.6) is 11.5 Å². The zero-order valence-corrected chi connectivity index (χ0v) is 16.1. The monoisotopic (exact) mass is 377 g/mol. The average Bonchev–Trinajstić information content (AvgIpc) is 2.77. The van der Waals surface area contributed by atoms with Gasteiger partial charge in [-0.2, -0.15) is 10.1 Å². The lowest BCUT2D eigenvalue weighted by atomic mass is 9.99. The van der Waals surface area contributed by atoms with Gasteiger partial charge < -0.3 is 19.7 Å². The molecule has 0 spiro atoms. The molecule has 0 unspecified atom stereocenters. The summed E-state index contributed by atoms with van der Waals surface area (Å²) in [4.78, 5) is 6.78. The normalized spacial score (nSPS) is 13.0. The molecule has 2 aromatic carbocycles. The maximum atomic E-state index is 5.44. The summed E-state index contributed by atoms with van der Waals surface area (Å²) >= 11 is 0. The Kier molecular flexibility index (Phi) is 5.23. The van der Waals surface area contributed by atoms with Gasteiger partial charge in [-0.25, -0.2) is 0 Å². The Morgan fingerprint density at radius 2 is 1.79 bits per heavy atom. The van der Waals surface area contributed by atoms with Crippen molar-refractivity contribution >= 4 is 11.8 Å². The summed E-state index contributed by atoms with van der Waals surface area (Å²) in [6.45, 7) is 2.23. The van der Waals surface area contributed by atoms with Crippen LogP contribution in [0.4, 0.5) is 11.8 Å². The molecule has 0 bridgehead atoms. The number of rotatable bonds is 6. The molecule has 4 rings (SSSR count). The van der Waals surface area contributed by atoms with Gasteiger partial charge in [0.15, 0.2) is 17.3 Å². The minimum absolute atomic E-state index is 0.624. The minimum atomic E-state index is 0.624. The topological polar surface area (TPSA) is 72.4 Å². The minimum Gasteiger partial charge on any atom is -0.493 e. The van der Waals surface area contributed by atoms with E-state index in [-0.39, 0.29) is 0 Å². The lowest BCUT2D eigenvalue weighted by Crippen LogP contribution is -2.32. The molecule has 7 heteroatoms. The van der Waals surface area contributed by atoms with E-state index in [2.05, 4.69) is 43.6 Å². The third-order valence-electron chi connectivity index (χ3n) is 4.86. The first-order valence-corrected chi connectivity index (χ1v) is 9.23. The number of aromatic nitrogens is 3. The van der Waals surface area contributed by atoms with Crippen molar-refractivity contribution < 1.29 is 9.47 Å². The number of methoxy groups -OCH3 is 2. The zero-order chi connectivity index (χ0) is 19.3. The Hall–Kier alpha value is -3.35. The van der Waals surface area contributed by atoms with Crippen LogP contribution in [0.3, 0.4) is 0 Å². The van der Waals surface area contributed by atoms with Crippen molar-refractivity contribution in [1.29, 1.82) is 0 Å². The van der Waals surface area contributed by atoms with E-state index in [9.17, 15) is 0 Å². The molecule has 0 saturated carbocycles. The van der Waals surface area contributed by atoms with Gasteiger partial charge in [-0.1, -0.05) is 30.3 Å². The van der Waals surface area contributed by atoms with E-state index in [4.69, 9.17) is 9.47 Å². The van der Waals surface area contributed by atoms with E-state index in [0.29, 0.717) is 24.9 Å². The van der Waals surface area contributed by atoms with Crippen LogP contribution < -0.4 is 19.7 Å². The molecule has 0 aliphatic carbocycles. The van der Waals surface area contributed by atoms with Crippen LogP contribution in [0.25, 0.3) is 0 Å². The predicted octanol–water partition coefficient (Wildman–Crippen LogP) is 3.06. The number of fused-ring (bicyclic) bond motifs is 1. The summed E-state index contributed by atoms with van der Waals surface area (Å²) in [6, 6.07) is 14.3. The molecule has 1 aliphatic rings. The van der Waals surface area contributed by atoms with Crippen molar-refractivity contribution in [3.8, 4) is 11.5 Å². The third-order valence-corrected chi connectivity index (χ3v) is 4.86. The number of benzene rings is 2. The van der Waals surface area contributed by atoms with E-state index in [1.807, 2.05) is 24.3 Å². The lowest BCUT2D eigenvalue weighted by Gasteiger charge is -2.29. The smallest absolute Gasteiger partial charge is 0.247 e. The van der Waals surface area contributed by atoms with Gasteiger partial charge in [-0.15, -0.1) is 5.10 Å². The largest absolute Gasteiger partial charge is 0.493 e. The van der Waals surface area contributed by atoms with E-state index in [1.54, 1.807) is 20.4 Å². The van der Waals surface area contributed by atoms with Crippen molar-refractivity contribution in [1.82, 2.24) is 15.2 Å². The number of anilines is 2. The summed E-state index contributed by atoms with van der Waals surface area (Å²) in [6.07, 6.45) is 2.54.